The fraction of sp³-hybridized carbons (Fsp3) is 0.188. The molecule has 7 heteroatoms. The van der Waals surface area contributed by atoms with Gasteiger partial charge in [0.1, 0.15) is 11.8 Å². The van der Waals surface area contributed by atoms with Crippen LogP contribution in [0.1, 0.15) is 18.1 Å². The molecule has 1 aliphatic heterocycles. The molecule has 0 fully saturated rings. The summed E-state index contributed by atoms with van der Waals surface area (Å²) < 4.78 is 5.27. The number of pyridine rings is 1. The zero-order chi connectivity index (χ0) is 15.8. The first-order chi connectivity index (χ1) is 11.3. The van der Waals surface area contributed by atoms with E-state index in [0.29, 0.717) is 12.1 Å². The van der Waals surface area contributed by atoms with Gasteiger partial charge in [-0.05, 0) is 24.3 Å². The van der Waals surface area contributed by atoms with Gasteiger partial charge in [-0.3, -0.25) is 15.4 Å². The zero-order valence-corrected chi connectivity index (χ0v) is 12.1. The van der Waals surface area contributed by atoms with Crippen molar-refractivity contribution in [3.63, 3.8) is 0 Å². The van der Waals surface area contributed by atoms with Crippen LogP contribution in [0.15, 0.2) is 36.7 Å². The fourth-order valence-corrected chi connectivity index (χ4v) is 2.85. The Kier molecular flexibility index (Phi) is 3.20. The molecule has 7 nitrogen and oxygen atoms in total. The zero-order valence-electron chi connectivity index (χ0n) is 12.1. The van der Waals surface area contributed by atoms with Crippen LogP contribution in [0.4, 0.5) is 10.5 Å². The number of nitrogens with one attached hydrogen (secondary N) is 2. The summed E-state index contributed by atoms with van der Waals surface area (Å²) in [6.45, 7) is -0.0575. The average molecular weight is 310 g/mol. The minimum Gasteiger partial charge on any atom is -0.441 e. The van der Waals surface area contributed by atoms with Gasteiger partial charge in [0.25, 0.3) is 0 Å². The van der Waals surface area contributed by atoms with Gasteiger partial charge in [0.2, 0.25) is 0 Å². The normalized spacial score (nSPS) is 16.7. The number of rotatable bonds is 3. The Bertz CT molecular complexity index is 876. The number of fused-ring (bicyclic) bond motifs is 2. The second kappa shape index (κ2) is 5.36. The first kappa shape index (κ1) is 13.7. The van der Waals surface area contributed by atoms with Crippen molar-refractivity contribution in [2.24, 2.45) is 0 Å². The summed E-state index contributed by atoms with van der Waals surface area (Å²) in [7, 11) is 0. The number of benzene rings is 1. The standard InChI is InChI=1S/C16H14N4O3/c21-6-3-14-10-7-11-13(8-12(10)18-16(22)23-14)19-20-15(11)9-1-4-17-5-2-9/h1-2,4-5,7-8,14,21H,3,6H2,(H,18,22)(H,19,20). The van der Waals surface area contributed by atoms with Crippen molar-refractivity contribution in [2.45, 2.75) is 12.5 Å². The Balaban J connectivity index is 1.88. The summed E-state index contributed by atoms with van der Waals surface area (Å²) in [5, 5.41) is 20.2. The molecule has 3 N–H and O–H groups in total. The predicted molar refractivity (Wildman–Crippen MR) is 83.9 cm³/mol. The SMILES string of the molecule is O=C1Nc2cc3[nH]nc(-c4ccncc4)c3cc2C(CCO)O1. The number of cyclic esters (lactones) is 1. The lowest BCUT2D eigenvalue weighted by Crippen LogP contribution is -2.25. The molecule has 1 amide bonds. The topological polar surface area (TPSA) is 100 Å². The lowest BCUT2D eigenvalue weighted by atomic mass is 9.99. The second-order valence-electron chi connectivity index (χ2n) is 5.32. The number of hydrogen-bond donors (Lipinski definition) is 3. The minimum absolute atomic E-state index is 0.0575. The van der Waals surface area contributed by atoms with Crippen molar-refractivity contribution < 1.29 is 14.6 Å². The Morgan fingerprint density at radius 3 is 2.87 bits per heavy atom. The van der Waals surface area contributed by atoms with Crippen molar-refractivity contribution in [1.29, 1.82) is 0 Å². The van der Waals surface area contributed by atoms with Crippen LogP contribution in [-0.4, -0.2) is 33.0 Å². The van der Waals surface area contributed by atoms with Gasteiger partial charge < -0.3 is 9.84 Å². The number of carbonyl (C=O) groups is 1. The molecule has 1 atom stereocenters. The first-order valence-corrected chi connectivity index (χ1v) is 7.27. The van der Waals surface area contributed by atoms with Crippen molar-refractivity contribution in [1.82, 2.24) is 15.2 Å². The van der Waals surface area contributed by atoms with Crippen molar-refractivity contribution in [3.8, 4) is 11.3 Å². The highest BCUT2D eigenvalue weighted by molar-refractivity contribution is 5.98. The van der Waals surface area contributed by atoms with Crippen LogP contribution in [0, 0.1) is 0 Å². The lowest BCUT2D eigenvalue weighted by molar-refractivity contribution is 0.0873. The van der Waals surface area contributed by atoms with Gasteiger partial charge in [0.15, 0.2) is 0 Å². The Hall–Kier alpha value is -2.93. The van der Waals surface area contributed by atoms with E-state index in [1.807, 2.05) is 24.3 Å². The van der Waals surface area contributed by atoms with Crippen LogP contribution in [-0.2, 0) is 4.74 Å². The minimum atomic E-state index is -0.510. The largest absolute Gasteiger partial charge is 0.441 e. The van der Waals surface area contributed by atoms with Gasteiger partial charge in [0.05, 0.1) is 11.2 Å². The van der Waals surface area contributed by atoms with Crippen molar-refractivity contribution >= 4 is 22.7 Å². The number of carbonyl (C=O) groups excluding carboxylic acids is 1. The molecule has 3 heterocycles. The number of ether oxygens (including phenoxy) is 1. The van der Waals surface area contributed by atoms with Crippen LogP contribution < -0.4 is 5.32 Å². The number of anilines is 1. The van der Waals surface area contributed by atoms with Crippen LogP contribution in [0.25, 0.3) is 22.2 Å². The van der Waals surface area contributed by atoms with E-state index in [4.69, 9.17) is 4.74 Å². The van der Waals surface area contributed by atoms with Crippen LogP contribution in [0.3, 0.4) is 0 Å². The van der Waals surface area contributed by atoms with Crippen LogP contribution >= 0.6 is 0 Å². The molecule has 2 aromatic heterocycles. The number of aromatic nitrogens is 3. The maximum atomic E-state index is 11.6. The number of aliphatic hydroxyl groups excluding tert-OH is 1. The van der Waals surface area contributed by atoms with Gasteiger partial charge >= 0.3 is 6.09 Å². The smallest absolute Gasteiger partial charge is 0.412 e. The molecule has 4 rings (SSSR count). The molecular formula is C16H14N4O3. The average Bonchev–Trinajstić information content (AvgIpc) is 2.97. The molecule has 0 radical (unpaired) electrons. The molecule has 0 spiro atoms. The van der Waals surface area contributed by atoms with Crippen molar-refractivity contribution in [2.75, 3.05) is 11.9 Å². The predicted octanol–water partition coefficient (Wildman–Crippen LogP) is 2.61. The molecular weight excluding hydrogens is 296 g/mol. The van der Waals surface area contributed by atoms with Gasteiger partial charge in [-0.2, -0.15) is 5.10 Å². The van der Waals surface area contributed by atoms with E-state index in [1.165, 1.54) is 0 Å². The number of aromatic amines is 1. The summed E-state index contributed by atoms with van der Waals surface area (Å²) in [6, 6.07) is 7.56. The Morgan fingerprint density at radius 1 is 1.26 bits per heavy atom. The molecule has 1 unspecified atom stereocenters. The highest BCUT2D eigenvalue weighted by Crippen LogP contribution is 2.37. The third-order valence-corrected chi connectivity index (χ3v) is 3.91. The number of amides is 1. The summed E-state index contributed by atoms with van der Waals surface area (Å²) >= 11 is 0. The van der Waals surface area contributed by atoms with Gasteiger partial charge in [-0.1, -0.05) is 0 Å². The fourth-order valence-electron chi connectivity index (χ4n) is 2.85. The number of hydrogen-bond acceptors (Lipinski definition) is 5. The third-order valence-electron chi connectivity index (χ3n) is 3.91. The molecule has 0 saturated heterocycles. The van der Waals surface area contributed by atoms with E-state index < -0.39 is 12.2 Å². The van der Waals surface area contributed by atoms with E-state index in [1.54, 1.807) is 12.4 Å². The molecule has 23 heavy (non-hydrogen) atoms. The highest BCUT2D eigenvalue weighted by atomic mass is 16.6. The maximum absolute atomic E-state index is 11.6. The van der Waals surface area contributed by atoms with E-state index in [0.717, 1.165) is 27.7 Å². The third kappa shape index (κ3) is 2.31. The Morgan fingerprint density at radius 2 is 2.09 bits per heavy atom. The first-order valence-electron chi connectivity index (χ1n) is 7.27. The van der Waals surface area contributed by atoms with Crippen molar-refractivity contribution in [3.05, 3.63) is 42.2 Å². The van der Waals surface area contributed by atoms with Crippen LogP contribution in [0.5, 0.6) is 0 Å². The molecule has 0 bridgehead atoms. The van der Waals surface area contributed by atoms with E-state index in [2.05, 4.69) is 20.5 Å². The maximum Gasteiger partial charge on any atom is 0.412 e. The van der Waals surface area contributed by atoms with E-state index in [-0.39, 0.29) is 6.61 Å². The highest BCUT2D eigenvalue weighted by Gasteiger charge is 2.27. The molecule has 0 aliphatic carbocycles. The van der Waals surface area contributed by atoms with Gasteiger partial charge in [-0.25, -0.2) is 4.79 Å². The number of nitrogens with zero attached hydrogens (tertiary/aromatic N) is 2. The summed E-state index contributed by atoms with van der Waals surface area (Å²) in [5.41, 5.74) is 4.09. The van der Waals surface area contributed by atoms with Gasteiger partial charge in [0, 0.05) is 41.9 Å². The second-order valence-corrected chi connectivity index (χ2v) is 5.32. The van der Waals surface area contributed by atoms with Gasteiger partial charge in [-0.15, -0.1) is 0 Å². The number of aliphatic hydroxyl groups is 1. The number of H-pyrrole nitrogens is 1. The lowest BCUT2D eigenvalue weighted by Gasteiger charge is -2.25. The quantitative estimate of drug-likeness (QED) is 0.690. The molecule has 1 aliphatic rings. The molecule has 1 aromatic carbocycles. The Labute approximate surface area is 131 Å². The summed E-state index contributed by atoms with van der Waals surface area (Å²) in [6.07, 6.45) is 2.81. The molecule has 0 saturated carbocycles. The molecule has 116 valence electrons. The van der Waals surface area contributed by atoms with E-state index >= 15 is 0 Å². The molecule has 3 aromatic rings. The van der Waals surface area contributed by atoms with E-state index in [9.17, 15) is 9.90 Å². The summed E-state index contributed by atoms with van der Waals surface area (Å²) in [5.74, 6) is 0. The van der Waals surface area contributed by atoms with Crippen LogP contribution in [0.2, 0.25) is 0 Å². The summed E-state index contributed by atoms with van der Waals surface area (Å²) in [4.78, 5) is 15.6. The monoisotopic (exact) mass is 310 g/mol.